The van der Waals surface area contributed by atoms with Gasteiger partial charge in [-0.1, -0.05) is 0 Å². The highest BCUT2D eigenvalue weighted by atomic mass is 32.2. The summed E-state index contributed by atoms with van der Waals surface area (Å²) >= 11 is 0. The van der Waals surface area contributed by atoms with Crippen LogP contribution in [0, 0.1) is 0 Å². The van der Waals surface area contributed by atoms with Gasteiger partial charge in [-0.2, -0.15) is 0 Å². The van der Waals surface area contributed by atoms with E-state index in [2.05, 4.69) is 4.98 Å². The van der Waals surface area contributed by atoms with Gasteiger partial charge in [-0.15, -0.1) is 0 Å². The van der Waals surface area contributed by atoms with Gasteiger partial charge in [-0.25, -0.2) is 0 Å². The molecule has 1 aliphatic heterocycles. The number of anilines is 1. The first-order valence-corrected chi connectivity index (χ1v) is 5.68. The zero-order valence-corrected chi connectivity index (χ0v) is 8.50. The Labute approximate surface area is 84.9 Å². The summed E-state index contributed by atoms with van der Waals surface area (Å²) in [6.07, 6.45) is 3.98. The van der Waals surface area contributed by atoms with Crippen molar-refractivity contribution >= 4 is 16.5 Å². The van der Waals surface area contributed by atoms with Crippen LogP contribution in [0.3, 0.4) is 0 Å². The topological polar surface area (TPSA) is 65.2 Å². The molecule has 2 heterocycles. The first-order chi connectivity index (χ1) is 6.79. The zero-order chi connectivity index (χ0) is 9.97. The zero-order valence-electron chi connectivity index (χ0n) is 7.68. The fraction of sp³-hybridized carbons (Fsp3) is 0.444. The highest BCUT2D eigenvalue weighted by molar-refractivity contribution is 7.85. The lowest BCUT2D eigenvalue weighted by Crippen LogP contribution is -2.16. The molecule has 1 aromatic heterocycles. The summed E-state index contributed by atoms with van der Waals surface area (Å²) < 4.78 is 17.2. The highest BCUT2D eigenvalue weighted by Crippen LogP contribution is 2.21. The van der Waals surface area contributed by atoms with Crippen molar-refractivity contribution in [3.05, 3.63) is 18.5 Å². The minimum atomic E-state index is -1.06. The second-order valence-electron chi connectivity index (χ2n) is 3.20. The van der Waals surface area contributed by atoms with Gasteiger partial charge in [0.15, 0.2) is 0 Å². The van der Waals surface area contributed by atoms with E-state index in [1.54, 1.807) is 12.3 Å². The molecule has 0 radical (unpaired) electrons. The van der Waals surface area contributed by atoms with Crippen LogP contribution in [0.15, 0.2) is 23.4 Å². The standard InChI is InChI=1S/C9H12N2O2S/c10-8-5-11-3-1-9(8)14(12)7-2-4-13-6-7/h1,3,5,7H,2,4,6,10H2. The van der Waals surface area contributed by atoms with Gasteiger partial charge in [-0.05, 0) is 12.5 Å². The Bertz CT molecular complexity index is 350. The van der Waals surface area contributed by atoms with E-state index < -0.39 is 10.8 Å². The molecule has 76 valence electrons. The summed E-state index contributed by atoms with van der Waals surface area (Å²) in [6, 6.07) is 1.71. The van der Waals surface area contributed by atoms with Crippen LogP contribution in [-0.2, 0) is 15.5 Å². The SMILES string of the molecule is Nc1cnccc1S(=O)C1CCOC1. The van der Waals surface area contributed by atoms with Gasteiger partial charge in [0.25, 0.3) is 0 Å². The maximum Gasteiger partial charge on any atom is 0.0664 e. The van der Waals surface area contributed by atoms with Crippen LogP contribution in [-0.4, -0.2) is 27.7 Å². The molecule has 0 spiro atoms. The van der Waals surface area contributed by atoms with Gasteiger partial charge in [0.1, 0.15) is 0 Å². The van der Waals surface area contributed by atoms with Crippen molar-refractivity contribution in [1.29, 1.82) is 0 Å². The van der Waals surface area contributed by atoms with Crippen molar-refractivity contribution in [3.8, 4) is 0 Å². The molecule has 1 aromatic rings. The number of nitrogens with two attached hydrogens (primary N) is 1. The number of nitrogens with zero attached hydrogens (tertiary/aromatic N) is 1. The third-order valence-corrected chi connectivity index (χ3v) is 4.00. The normalized spacial score (nSPS) is 23.6. The second kappa shape index (κ2) is 4.06. The number of pyridine rings is 1. The molecule has 0 aliphatic carbocycles. The Morgan fingerprint density at radius 3 is 3.14 bits per heavy atom. The fourth-order valence-electron chi connectivity index (χ4n) is 1.44. The third kappa shape index (κ3) is 1.78. The molecule has 2 atom stereocenters. The molecule has 0 bridgehead atoms. The van der Waals surface area contributed by atoms with Crippen molar-refractivity contribution in [2.75, 3.05) is 18.9 Å². The predicted molar refractivity (Wildman–Crippen MR) is 54.3 cm³/mol. The minimum absolute atomic E-state index is 0.0831. The molecular formula is C9H12N2O2S. The third-order valence-electron chi connectivity index (χ3n) is 2.22. The Hall–Kier alpha value is -0.940. The lowest BCUT2D eigenvalue weighted by molar-refractivity contribution is 0.199. The molecule has 1 aliphatic rings. The smallest absolute Gasteiger partial charge is 0.0664 e. The van der Waals surface area contributed by atoms with Crippen LogP contribution in [0.1, 0.15) is 6.42 Å². The monoisotopic (exact) mass is 212 g/mol. The molecule has 0 saturated carbocycles. The van der Waals surface area contributed by atoms with Gasteiger partial charge in [0, 0.05) is 12.8 Å². The van der Waals surface area contributed by atoms with Crippen molar-refractivity contribution in [1.82, 2.24) is 4.98 Å². The minimum Gasteiger partial charge on any atom is -0.396 e. The van der Waals surface area contributed by atoms with E-state index in [-0.39, 0.29) is 5.25 Å². The van der Waals surface area contributed by atoms with E-state index >= 15 is 0 Å². The summed E-state index contributed by atoms with van der Waals surface area (Å²) in [6.45, 7) is 1.26. The van der Waals surface area contributed by atoms with Crippen LogP contribution in [0.5, 0.6) is 0 Å². The van der Waals surface area contributed by atoms with E-state index in [0.29, 0.717) is 23.8 Å². The van der Waals surface area contributed by atoms with E-state index in [0.717, 1.165) is 6.42 Å². The summed E-state index contributed by atoms with van der Waals surface area (Å²) in [5.74, 6) is 0. The van der Waals surface area contributed by atoms with Gasteiger partial charge >= 0.3 is 0 Å². The van der Waals surface area contributed by atoms with Gasteiger partial charge in [-0.3, -0.25) is 9.19 Å². The Kier molecular flexibility index (Phi) is 2.79. The molecular weight excluding hydrogens is 200 g/mol. The number of rotatable bonds is 2. The first-order valence-electron chi connectivity index (χ1n) is 4.47. The van der Waals surface area contributed by atoms with E-state index in [1.165, 1.54) is 6.20 Å². The van der Waals surface area contributed by atoms with Gasteiger partial charge in [0.05, 0.1) is 39.4 Å². The van der Waals surface area contributed by atoms with Crippen LogP contribution in [0.2, 0.25) is 0 Å². The van der Waals surface area contributed by atoms with Crippen LogP contribution in [0.25, 0.3) is 0 Å². The summed E-state index contributed by atoms with van der Waals surface area (Å²) in [7, 11) is -1.06. The summed E-state index contributed by atoms with van der Waals surface area (Å²) in [5.41, 5.74) is 6.19. The van der Waals surface area contributed by atoms with E-state index in [9.17, 15) is 4.21 Å². The lowest BCUT2D eigenvalue weighted by Gasteiger charge is -2.09. The Morgan fingerprint density at radius 1 is 1.64 bits per heavy atom. The molecule has 2 rings (SSSR count). The quantitative estimate of drug-likeness (QED) is 0.778. The molecule has 14 heavy (non-hydrogen) atoms. The number of ether oxygens (including phenoxy) is 1. The first kappa shape index (κ1) is 9.61. The van der Waals surface area contributed by atoms with Gasteiger partial charge in [0.2, 0.25) is 0 Å². The van der Waals surface area contributed by atoms with Crippen LogP contribution < -0.4 is 5.73 Å². The number of aromatic nitrogens is 1. The highest BCUT2D eigenvalue weighted by Gasteiger charge is 2.24. The largest absolute Gasteiger partial charge is 0.396 e. The maximum absolute atomic E-state index is 12.0. The van der Waals surface area contributed by atoms with Gasteiger partial charge < -0.3 is 10.5 Å². The molecule has 4 nitrogen and oxygen atoms in total. The van der Waals surface area contributed by atoms with E-state index in [1.807, 2.05) is 0 Å². The second-order valence-corrected chi connectivity index (χ2v) is 4.90. The lowest BCUT2D eigenvalue weighted by atomic mass is 10.4. The summed E-state index contributed by atoms with van der Waals surface area (Å²) in [4.78, 5) is 4.54. The molecule has 2 unspecified atom stereocenters. The van der Waals surface area contributed by atoms with Crippen LogP contribution >= 0.6 is 0 Å². The predicted octanol–water partition coefficient (Wildman–Crippen LogP) is 0.560. The molecule has 5 heteroatoms. The summed E-state index contributed by atoms with van der Waals surface area (Å²) in [5, 5.41) is 0.0831. The molecule has 2 N–H and O–H groups in total. The van der Waals surface area contributed by atoms with Crippen molar-refractivity contribution < 1.29 is 8.95 Å². The molecule has 1 fully saturated rings. The molecule has 0 aromatic carbocycles. The molecule has 0 amide bonds. The fourth-order valence-corrected chi connectivity index (χ4v) is 2.81. The van der Waals surface area contributed by atoms with E-state index in [4.69, 9.17) is 10.5 Å². The van der Waals surface area contributed by atoms with Crippen molar-refractivity contribution in [3.63, 3.8) is 0 Å². The van der Waals surface area contributed by atoms with Crippen LogP contribution in [0.4, 0.5) is 5.69 Å². The maximum atomic E-state index is 12.0. The van der Waals surface area contributed by atoms with Crippen molar-refractivity contribution in [2.45, 2.75) is 16.6 Å². The van der Waals surface area contributed by atoms with Crippen molar-refractivity contribution in [2.24, 2.45) is 0 Å². The Balaban J connectivity index is 2.22. The number of hydrogen-bond donors (Lipinski definition) is 1. The average molecular weight is 212 g/mol. The number of hydrogen-bond acceptors (Lipinski definition) is 4. The number of nitrogen functional groups attached to an aromatic ring is 1. The average Bonchev–Trinajstić information content (AvgIpc) is 2.70. The molecule has 1 saturated heterocycles. The Morgan fingerprint density at radius 2 is 2.50 bits per heavy atom.